The van der Waals surface area contributed by atoms with Crippen molar-refractivity contribution in [2.24, 2.45) is 7.05 Å². The first-order chi connectivity index (χ1) is 7.06. The van der Waals surface area contributed by atoms with E-state index in [1.165, 1.54) is 0 Å². The van der Waals surface area contributed by atoms with Gasteiger partial charge in [-0.25, -0.2) is 0 Å². The van der Waals surface area contributed by atoms with Crippen LogP contribution in [0.2, 0.25) is 0 Å². The third kappa shape index (κ3) is 2.70. The van der Waals surface area contributed by atoms with Gasteiger partial charge in [0, 0.05) is 20.1 Å². The maximum absolute atomic E-state index is 8.97. The number of hydrogen-bond donors (Lipinski definition) is 1. The van der Waals surface area contributed by atoms with E-state index in [0.717, 1.165) is 24.6 Å². The molecule has 5 heteroatoms. The lowest BCUT2D eigenvalue weighted by atomic mass is 10.2. The van der Waals surface area contributed by atoms with Crippen LogP contribution in [-0.2, 0) is 7.05 Å². The fourth-order valence-electron chi connectivity index (χ4n) is 1.39. The molecule has 0 radical (unpaired) electrons. The first kappa shape index (κ1) is 11.5. The normalized spacial score (nSPS) is 10.4. The van der Waals surface area contributed by atoms with Crippen LogP contribution in [0.3, 0.4) is 0 Å². The van der Waals surface area contributed by atoms with Crippen LogP contribution in [-0.4, -0.2) is 41.9 Å². The van der Waals surface area contributed by atoms with E-state index in [1.807, 2.05) is 28.1 Å². The Labute approximate surface area is 90.3 Å². The van der Waals surface area contributed by atoms with Crippen molar-refractivity contribution >= 4 is 5.82 Å². The molecule has 5 nitrogen and oxygen atoms in total. The minimum absolute atomic E-state index is 0.635. The van der Waals surface area contributed by atoms with Gasteiger partial charge in [-0.2, -0.15) is 10.4 Å². The number of nitriles is 1. The highest BCUT2D eigenvalue weighted by Crippen LogP contribution is 2.16. The average Bonchev–Trinajstić information content (AvgIpc) is 2.41. The number of nitrogens with zero attached hydrogens (tertiary/aromatic N) is 4. The van der Waals surface area contributed by atoms with Crippen molar-refractivity contribution in [2.45, 2.75) is 6.92 Å². The summed E-state index contributed by atoms with van der Waals surface area (Å²) in [4.78, 5) is 2.09. The van der Waals surface area contributed by atoms with E-state index in [2.05, 4.69) is 21.4 Å². The monoisotopic (exact) mass is 207 g/mol. The fraction of sp³-hybridized carbons (Fsp3) is 0.600. The number of rotatable bonds is 4. The molecule has 0 bridgehead atoms. The van der Waals surface area contributed by atoms with E-state index in [0.29, 0.717) is 5.56 Å². The predicted molar refractivity (Wildman–Crippen MR) is 59.7 cm³/mol. The van der Waals surface area contributed by atoms with Crippen molar-refractivity contribution in [1.82, 2.24) is 14.7 Å². The molecule has 82 valence electrons. The second-order valence-corrected chi connectivity index (χ2v) is 3.77. The molecule has 0 aliphatic heterocycles. The van der Waals surface area contributed by atoms with Gasteiger partial charge < -0.3 is 10.2 Å². The van der Waals surface area contributed by atoms with Crippen molar-refractivity contribution in [3.8, 4) is 6.07 Å². The smallest absolute Gasteiger partial charge is 0.142 e. The third-order valence-corrected chi connectivity index (χ3v) is 2.19. The number of nitrogens with one attached hydrogen (secondary N) is 1. The molecule has 15 heavy (non-hydrogen) atoms. The minimum Gasteiger partial charge on any atom is -0.368 e. The van der Waals surface area contributed by atoms with Crippen molar-refractivity contribution in [2.75, 3.05) is 32.5 Å². The van der Waals surface area contributed by atoms with Gasteiger partial charge in [-0.05, 0) is 21.0 Å². The van der Waals surface area contributed by atoms with Crippen LogP contribution in [0.4, 0.5) is 5.82 Å². The zero-order chi connectivity index (χ0) is 11.4. The molecule has 0 amide bonds. The molecule has 0 unspecified atom stereocenters. The Morgan fingerprint density at radius 2 is 2.20 bits per heavy atom. The van der Waals surface area contributed by atoms with Gasteiger partial charge >= 0.3 is 0 Å². The average molecular weight is 207 g/mol. The van der Waals surface area contributed by atoms with Gasteiger partial charge in [0.1, 0.15) is 17.5 Å². The van der Waals surface area contributed by atoms with Crippen LogP contribution in [0.25, 0.3) is 0 Å². The Bertz CT molecular complexity index is 372. The van der Waals surface area contributed by atoms with Crippen molar-refractivity contribution in [3.05, 3.63) is 11.3 Å². The molecule has 1 rings (SSSR count). The van der Waals surface area contributed by atoms with Gasteiger partial charge in [-0.1, -0.05) is 0 Å². The molecule has 0 aliphatic carbocycles. The lowest BCUT2D eigenvalue weighted by molar-refractivity contribution is 0.424. The number of anilines is 1. The first-order valence-corrected chi connectivity index (χ1v) is 4.88. The van der Waals surface area contributed by atoms with E-state index in [-0.39, 0.29) is 0 Å². The SMILES string of the molecule is Cc1nn(C)c(NCCN(C)C)c1C#N. The summed E-state index contributed by atoms with van der Waals surface area (Å²) >= 11 is 0. The molecule has 0 saturated heterocycles. The standard InChI is InChI=1S/C10H17N5/c1-8-9(7-11)10(15(4)13-8)12-5-6-14(2)3/h12H,5-6H2,1-4H3. The van der Waals surface area contributed by atoms with Crippen molar-refractivity contribution in [1.29, 1.82) is 5.26 Å². The number of hydrogen-bond acceptors (Lipinski definition) is 4. The Morgan fingerprint density at radius 3 is 2.73 bits per heavy atom. The molecule has 1 heterocycles. The van der Waals surface area contributed by atoms with Crippen molar-refractivity contribution < 1.29 is 0 Å². The molecule has 0 saturated carbocycles. The van der Waals surface area contributed by atoms with Gasteiger partial charge in [0.05, 0.1) is 5.69 Å². The quantitative estimate of drug-likeness (QED) is 0.784. The largest absolute Gasteiger partial charge is 0.368 e. The Hall–Kier alpha value is -1.54. The second kappa shape index (κ2) is 4.80. The molecular formula is C10H17N5. The van der Waals surface area contributed by atoms with Crippen molar-refractivity contribution in [3.63, 3.8) is 0 Å². The van der Waals surface area contributed by atoms with E-state index in [1.54, 1.807) is 4.68 Å². The summed E-state index contributed by atoms with van der Waals surface area (Å²) in [6.45, 7) is 3.57. The molecule has 1 N–H and O–H groups in total. The summed E-state index contributed by atoms with van der Waals surface area (Å²) in [6, 6.07) is 2.16. The van der Waals surface area contributed by atoms with Crippen LogP contribution in [0, 0.1) is 18.3 Å². The number of aryl methyl sites for hydroxylation is 2. The van der Waals surface area contributed by atoms with Crippen LogP contribution >= 0.6 is 0 Å². The molecule has 1 aromatic heterocycles. The molecule has 0 aliphatic rings. The van der Waals surface area contributed by atoms with Gasteiger partial charge in [0.15, 0.2) is 0 Å². The summed E-state index contributed by atoms with van der Waals surface area (Å²) in [5, 5.41) is 16.4. The maximum atomic E-state index is 8.97. The van der Waals surface area contributed by atoms with E-state index >= 15 is 0 Å². The van der Waals surface area contributed by atoms with E-state index < -0.39 is 0 Å². The minimum atomic E-state index is 0.635. The lowest BCUT2D eigenvalue weighted by Gasteiger charge is -2.11. The van der Waals surface area contributed by atoms with Crippen LogP contribution in [0.1, 0.15) is 11.3 Å². The summed E-state index contributed by atoms with van der Waals surface area (Å²) in [7, 11) is 5.87. The zero-order valence-electron chi connectivity index (χ0n) is 9.70. The Morgan fingerprint density at radius 1 is 1.53 bits per heavy atom. The second-order valence-electron chi connectivity index (χ2n) is 3.77. The number of aromatic nitrogens is 2. The summed E-state index contributed by atoms with van der Waals surface area (Å²) < 4.78 is 1.71. The summed E-state index contributed by atoms with van der Waals surface area (Å²) in [5.74, 6) is 0.803. The van der Waals surface area contributed by atoms with Gasteiger partial charge in [0.2, 0.25) is 0 Å². The highest BCUT2D eigenvalue weighted by atomic mass is 15.3. The molecular weight excluding hydrogens is 190 g/mol. The molecule has 0 aromatic carbocycles. The predicted octanol–water partition coefficient (Wildman–Crippen LogP) is 0.574. The van der Waals surface area contributed by atoms with E-state index in [9.17, 15) is 0 Å². The lowest BCUT2D eigenvalue weighted by Crippen LogP contribution is -2.21. The van der Waals surface area contributed by atoms with Crippen LogP contribution in [0.5, 0.6) is 0 Å². The Kier molecular flexibility index (Phi) is 3.69. The first-order valence-electron chi connectivity index (χ1n) is 4.88. The van der Waals surface area contributed by atoms with Crippen LogP contribution in [0.15, 0.2) is 0 Å². The summed E-state index contributed by atoms with van der Waals surface area (Å²) in [6.07, 6.45) is 0. The highest BCUT2D eigenvalue weighted by Gasteiger charge is 2.11. The van der Waals surface area contributed by atoms with E-state index in [4.69, 9.17) is 5.26 Å². The molecule has 0 fully saturated rings. The van der Waals surface area contributed by atoms with Gasteiger partial charge in [-0.3, -0.25) is 4.68 Å². The maximum Gasteiger partial charge on any atom is 0.142 e. The molecule has 0 atom stereocenters. The Balaban J connectivity index is 2.72. The number of likely N-dealkylation sites (N-methyl/N-ethyl adjacent to an activating group) is 1. The molecule has 0 spiro atoms. The third-order valence-electron chi connectivity index (χ3n) is 2.19. The molecule has 1 aromatic rings. The highest BCUT2D eigenvalue weighted by molar-refractivity contribution is 5.54. The fourth-order valence-corrected chi connectivity index (χ4v) is 1.39. The van der Waals surface area contributed by atoms with Gasteiger partial charge in [0.25, 0.3) is 0 Å². The van der Waals surface area contributed by atoms with Gasteiger partial charge in [-0.15, -0.1) is 0 Å². The summed E-state index contributed by atoms with van der Waals surface area (Å²) in [5.41, 5.74) is 1.41. The topological polar surface area (TPSA) is 56.9 Å². The zero-order valence-corrected chi connectivity index (χ0v) is 9.70. The van der Waals surface area contributed by atoms with Crippen LogP contribution < -0.4 is 5.32 Å².